The molecule has 0 aromatic heterocycles. The highest BCUT2D eigenvalue weighted by Crippen LogP contribution is 2.14. The van der Waals surface area contributed by atoms with E-state index in [0.29, 0.717) is 6.04 Å². The minimum Gasteiger partial charge on any atom is -0.313 e. The molecule has 2 rings (SSSR count). The number of benzene rings is 1. The molecule has 1 unspecified atom stereocenters. The maximum atomic E-state index is 13.3. The number of hydrogen-bond donors (Lipinski definition) is 1. The van der Waals surface area contributed by atoms with Crippen LogP contribution in [0.25, 0.3) is 0 Å². The molecule has 0 bridgehead atoms. The van der Waals surface area contributed by atoms with Gasteiger partial charge in [0.05, 0.1) is 5.56 Å². The molecule has 1 aliphatic rings. The molecule has 0 radical (unpaired) electrons. The molecular weight excluding hydrogens is 253 g/mol. The zero-order valence-corrected chi connectivity index (χ0v) is 12.0. The Kier molecular flexibility index (Phi) is 5.51. The van der Waals surface area contributed by atoms with E-state index in [1.54, 1.807) is 12.1 Å². The van der Waals surface area contributed by atoms with Crippen LogP contribution in [0.1, 0.15) is 37.3 Å². The average Bonchev–Trinajstić information content (AvgIpc) is 2.94. The van der Waals surface area contributed by atoms with Gasteiger partial charge in [0.15, 0.2) is 0 Å². The second-order valence-electron chi connectivity index (χ2n) is 5.45. The summed E-state index contributed by atoms with van der Waals surface area (Å²) < 4.78 is 13.3. The molecule has 1 aromatic carbocycles. The minimum atomic E-state index is -0.434. The molecule has 20 heavy (non-hydrogen) atoms. The third-order valence-electron chi connectivity index (χ3n) is 3.74. The topological polar surface area (TPSA) is 39.1 Å². The molecular formula is C16H22FN3. The second kappa shape index (κ2) is 7.37. The number of nitrogens with zero attached hydrogens (tertiary/aromatic N) is 2. The first-order valence-electron chi connectivity index (χ1n) is 7.37. The van der Waals surface area contributed by atoms with Crippen LogP contribution in [-0.2, 0) is 6.54 Å². The van der Waals surface area contributed by atoms with E-state index in [2.05, 4.69) is 17.1 Å². The smallest absolute Gasteiger partial charge is 0.140 e. The van der Waals surface area contributed by atoms with Gasteiger partial charge in [-0.05, 0) is 50.0 Å². The quantitative estimate of drug-likeness (QED) is 0.867. The van der Waals surface area contributed by atoms with Crippen molar-refractivity contribution in [1.29, 1.82) is 5.26 Å². The first-order valence-corrected chi connectivity index (χ1v) is 7.37. The standard InChI is InChI=1S/C16H22FN3/c1-2-8-20(12-15-4-3-7-19-15)11-13-5-6-16(17)14(9-13)10-18/h5-6,9,15,19H,2-4,7-8,11-12H2,1H3. The van der Waals surface area contributed by atoms with Crippen molar-refractivity contribution in [3.05, 3.63) is 35.1 Å². The van der Waals surface area contributed by atoms with Crippen molar-refractivity contribution in [3.8, 4) is 6.07 Å². The summed E-state index contributed by atoms with van der Waals surface area (Å²) in [6.07, 6.45) is 3.58. The van der Waals surface area contributed by atoms with Gasteiger partial charge in [0, 0.05) is 19.1 Å². The van der Waals surface area contributed by atoms with Gasteiger partial charge in [0.1, 0.15) is 11.9 Å². The van der Waals surface area contributed by atoms with Crippen molar-refractivity contribution < 1.29 is 4.39 Å². The van der Waals surface area contributed by atoms with Gasteiger partial charge in [-0.1, -0.05) is 13.0 Å². The Balaban J connectivity index is 2.01. The summed E-state index contributed by atoms with van der Waals surface area (Å²) in [5.74, 6) is -0.434. The maximum absolute atomic E-state index is 13.3. The van der Waals surface area contributed by atoms with Crippen molar-refractivity contribution >= 4 is 0 Å². The summed E-state index contributed by atoms with van der Waals surface area (Å²) >= 11 is 0. The summed E-state index contributed by atoms with van der Waals surface area (Å²) in [7, 11) is 0. The van der Waals surface area contributed by atoms with Crippen LogP contribution in [0, 0.1) is 17.1 Å². The molecule has 0 amide bonds. The maximum Gasteiger partial charge on any atom is 0.140 e. The van der Waals surface area contributed by atoms with Crippen LogP contribution in [0.15, 0.2) is 18.2 Å². The molecule has 0 aliphatic carbocycles. The van der Waals surface area contributed by atoms with Gasteiger partial charge in [0.2, 0.25) is 0 Å². The van der Waals surface area contributed by atoms with Gasteiger partial charge in [-0.15, -0.1) is 0 Å². The number of hydrogen-bond acceptors (Lipinski definition) is 3. The molecule has 4 heteroatoms. The van der Waals surface area contributed by atoms with Gasteiger partial charge in [-0.2, -0.15) is 5.26 Å². The lowest BCUT2D eigenvalue weighted by atomic mass is 10.1. The summed E-state index contributed by atoms with van der Waals surface area (Å²) in [6.45, 7) is 6.10. The van der Waals surface area contributed by atoms with E-state index in [4.69, 9.17) is 5.26 Å². The molecule has 1 saturated heterocycles. The fourth-order valence-electron chi connectivity index (χ4n) is 2.79. The zero-order valence-electron chi connectivity index (χ0n) is 12.0. The third kappa shape index (κ3) is 4.03. The van der Waals surface area contributed by atoms with E-state index < -0.39 is 5.82 Å². The van der Waals surface area contributed by atoms with E-state index in [-0.39, 0.29) is 5.56 Å². The first-order chi connectivity index (χ1) is 9.72. The normalized spacial score (nSPS) is 18.4. The highest BCUT2D eigenvalue weighted by molar-refractivity contribution is 5.34. The molecule has 3 nitrogen and oxygen atoms in total. The van der Waals surface area contributed by atoms with Crippen LogP contribution in [0.4, 0.5) is 4.39 Å². The molecule has 1 aliphatic heterocycles. The Morgan fingerprint density at radius 2 is 2.35 bits per heavy atom. The summed E-state index contributed by atoms with van der Waals surface area (Å²) in [5, 5.41) is 12.4. The molecule has 1 fully saturated rings. The van der Waals surface area contributed by atoms with Crippen LogP contribution in [0.5, 0.6) is 0 Å². The lowest BCUT2D eigenvalue weighted by Crippen LogP contribution is -2.37. The molecule has 108 valence electrons. The molecule has 1 atom stereocenters. The lowest BCUT2D eigenvalue weighted by Gasteiger charge is -2.25. The fraction of sp³-hybridized carbons (Fsp3) is 0.562. The number of nitrogens with one attached hydrogen (secondary N) is 1. The summed E-state index contributed by atoms with van der Waals surface area (Å²) in [4.78, 5) is 2.39. The van der Waals surface area contributed by atoms with Crippen molar-refractivity contribution in [2.45, 2.75) is 38.8 Å². The minimum absolute atomic E-state index is 0.137. The van der Waals surface area contributed by atoms with E-state index in [1.165, 1.54) is 18.9 Å². The number of rotatable bonds is 6. The highest BCUT2D eigenvalue weighted by Gasteiger charge is 2.17. The van der Waals surface area contributed by atoms with Crippen molar-refractivity contribution in [3.63, 3.8) is 0 Å². The molecule has 1 N–H and O–H groups in total. The van der Waals surface area contributed by atoms with Gasteiger partial charge in [0.25, 0.3) is 0 Å². The molecule has 0 saturated carbocycles. The second-order valence-corrected chi connectivity index (χ2v) is 5.45. The van der Waals surface area contributed by atoms with Crippen LogP contribution < -0.4 is 5.32 Å². The van der Waals surface area contributed by atoms with Gasteiger partial charge >= 0.3 is 0 Å². The Labute approximate surface area is 120 Å². The van der Waals surface area contributed by atoms with Gasteiger partial charge in [-0.3, -0.25) is 4.90 Å². The number of halogens is 1. The molecule has 0 spiro atoms. The SMILES string of the molecule is CCCN(Cc1ccc(F)c(C#N)c1)CC1CCCN1. The van der Waals surface area contributed by atoms with Crippen LogP contribution in [0.2, 0.25) is 0 Å². The van der Waals surface area contributed by atoms with Crippen molar-refractivity contribution in [1.82, 2.24) is 10.2 Å². The lowest BCUT2D eigenvalue weighted by molar-refractivity contribution is 0.241. The third-order valence-corrected chi connectivity index (χ3v) is 3.74. The van der Waals surface area contributed by atoms with Crippen LogP contribution >= 0.6 is 0 Å². The van der Waals surface area contributed by atoms with Crippen LogP contribution in [0.3, 0.4) is 0 Å². The Morgan fingerprint density at radius 1 is 1.50 bits per heavy atom. The Bertz CT molecular complexity index is 475. The van der Waals surface area contributed by atoms with E-state index in [1.807, 2.05) is 6.07 Å². The van der Waals surface area contributed by atoms with Crippen molar-refractivity contribution in [2.75, 3.05) is 19.6 Å². The van der Waals surface area contributed by atoms with E-state index in [0.717, 1.165) is 38.2 Å². The Hall–Kier alpha value is -1.44. The fourth-order valence-corrected chi connectivity index (χ4v) is 2.79. The van der Waals surface area contributed by atoms with Crippen molar-refractivity contribution in [2.24, 2.45) is 0 Å². The zero-order chi connectivity index (χ0) is 14.4. The highest BCUT2D eigenvalue weighted by atomic mass is 19.1. The van der Waals surface area contributed by atoms with E-state index in [9.17, 15) is 4.39 Å². The van der Waals surface area contributed by atoms with Gasteiger partial charge < -0.3 is 5.32 Å². The number of nitriles is 1. The summed E-state index contributed by atoms with van der Waals surface area (Å²) in [5.41, 5.74) is 1.15. The molecule has 1 aromatic rings. The average molecular weight is 275 g/mol. The largest absolute Gasteiger partial charge is 0.313 e. The van der Waals surface area contributed by atoms with Gasteiger partial charge in [-0.25, -0.2) is 4.39 Å². The first kappa shape index (κ1) is 15.0. The monoisotopic (exact) mass is 275 g/mol. The van der Waals surface area contributed by atoms with Crippen LogP contribution in [-0.4, -0.2) is 30.6 Å². The predicted molar refractivity (Wildman–Crippen MR) is 77.7 cm³/mol. The predicted octanol–water partition coefficient (Wildman–Crippen LogP) is 2.66. The Morgan fingerprint density at radius 3 is 3.00 bits per heavy atom. The molecule has 1 heterocycles. The van der Waals surface area contributed by atoms with E-state index >= 15 is 0 Å². The summed E-state index contributed by atoms with van der Waals surface area (Å²) in [6, 6.07) is 7.32.